The predicted molar refractivity (Wildman–Crippen MR) is 77.8 cm³/mol. The SMILES string of the molecule is CC(C)C(=O)NCC1CC(=O)N(Cc2ccccc2)C1. The largest absolute Gasteiger partial charge is 0.356 e. The lowest BCUT2D eigenvalue weighted by atomic mass is 10.1. The smallest absolute Gasteiger partial charge is 0.223 e. The third-order valence-electron chi connectivity index (χ3n) is 3.60. The highest BCUT2D eigenvalue weighted by Crippen LogP contribution is 2.19. The second-order valence-electron chi connectivity index (χ2n) is 5.73. The third kappa shape index (κ3) is 3.83. The highest BCUT2D eigenvalue weighted by molar-refractivity contribution is 5.80. The monoisotopic (exact) mass is 274 g/mol. The minimum absolute atomic E-state index is 0.00692. The van der Waals surface area contributed by atoms with E-state index in [4.69, 9.17) is 0 Å². The Kier molecular flexibility index (Phi) is 4.77. The number of amides is 2. The van der Waals surface area contributed by atoms with Gasteiger partial charge < -0.3 is 10.2 Å². The second kappa shape index (κ2) is 6.55. The Bertz CT molecular complexity index is 471. The number of carbonyl (C=O) groups excluding carboxylic acids is 2. The predicted octanol–water partition coefficient (Wildman–Crippen LogP) is 1.81. The number of carbonyl (C=O) groups is 2. The van der Waals surface area contributed by atoms with Crippen molar-refractivity contribution in [1.29, 1.82) is 0 Å². The molecule has 108 valence electrons. The number of benzene rings is 1. The Morgan fingerprint density at radius 1 is 1.35 bits per heavy atom. The van der Waals surface area contributed by atoms with Gasteiger partial charge >= 0.3 is 0 Å². The van der Waals surface area contributed by atoms with Gasteiger partial charge in [-0.25, -0.2) is 0 Å². The van der Waals surface area contributed by atoms with Crippen LogP contribution in [0.15, 0.2) is 30.3 Å². The average Bonchev–Trinajstić information content (AvgIpc) is 2.77. The Morgan fingerprint density at radius 2 is 2.05 bits per heavy atom. The maximum Gasteiger partial charge on any atom is 0.223 e. The highest BCUT2D eigenvalue weighted by Gasteiger charge is 2.29. The van der Waals surface area contributed by atoms with Crippen molar-refractivity contribution in [1.82, 2.24) is 10.2 Å². The molecule has 4 heteroatoms. The van der Waals surface area contributed by atoms with E-state index in [1.165, 1.54) is 0 Å². The van der Waals surface area contributed by atoms with Crippen molar-refractivity contribution in [2.24, 2.45) is 11.8 Å². The summed E-state index contributed by atoms with van der Waals surface area (Å²) in [4.78, 5) is 25.4. The average molecular weight is 274 g/mol. The van der Waals surface area contributed by atoms with E-state index in [2.05, 4.69) is 5.32 Å². The molecule has 1 aliphatic rings. The van der Waals surface area contributed by atoms with Gasteiger partial charge in [0.15, 0.2) is 0 Å². The van der Waals surface area contributed by atoms with Crippen molar-refractivity contribution in [3.63, 3.8) is 0 Å². The van der Waals surface area contributed by atoms with Crippen molar-refractivity contribution in [2.45, 2.75) is 26.8 Å². The molecule has 4 nitrogen and oxygen atoms in total. The molecule has 1 aliphatic heterocycles. The van der Waals surface area contributed by atoms with Crippen molar-refractivity contribution < 1.29 is 9.59 Å². The van der Waals surface area contributed by atoms with Gasteiger partial charge in [0, 0.05) is 37.9 Å². The first-order valence-corrected chi connectivity index (χ1v) is 7.15. The molecule has 0 aliphatic carbocycles. The first kappa shape index (κ1) is 14.6. The van der Waals surface area contributed by atoms with Gasteiger partial charge in [0.25, 0.3) is 0 Å². The maximum absolute atomic E-state index is 12.0. The fraction of sp³-hybridized carbons (Fsp3) is 0.500. The molecule has 0 saturated carbocycles. The first-order valence-electron chi connectivity index (χ1n) is 7.15. The molecule has 20 heavy (non-hydrogen) atoms. The van der Waals surface area contributed by atoms with Gasteiger partial charge in [-0.05, 0) is 5.56 Å². The van der Waals surface area contributed by atoms with E-state index in [0.717, 1.165) is 12.1 Å². The van der Waals surface area contributed by atoms with Crippen molar-refractivity contribution in [3.05, 3.63) is 35.9 Å². The summed E-state index contributed by atoms with van der Waals surface area (Å²) >= 11 is 0. The zero-order valence-corrected chi connectivity index (χ0v) is 12.1. The fourth-order valence-corrected chi connectivity index (χ4v) is 2.40. The molecule has 1 aromatic carbocycles. The Balaban J connectivity index is 1.83. The van der Waals surface area contributed by atoms with E-state index < -0.39 is 0 Å². The van der Waals surface area contributed by atoms with Gasteiger partial charge in [-0.1, -0.05) is 44.2 Å². The summed E-state index contributed by atoms with van der Waals surface area (Å²) in [6, 6.07) is 9.99. The van der Waals surface area contributed by atoms with Gasteiger partial charge in [-0.3, -0.25) is 9.59 Å². The minimum Gasteiger partial charge on any atom is -0.356 e. The van der Waals surface area contributed by atoms with E-state index >= 15 is 0 Å². The molecule has 0 aromatic heterocycles. The van der Waals surface area contributed by atoms with Crippen molar-refractivity contribution in [3.8, 4) is 0 Å². The molecule has 0 radical (unpaired) electrons. The van der Waals surface area contributed by atoms with Crippen molar-refractivity contribution >= 4 is 11.8 Å². The van der Waals surface area contributed by atoms with Crippen LogP contribution in [-0.2, 0) is 16.1 Å². The van der Waals surface area contributed by atoms with Gasteiger partial charge in [-0.2, -0.15) is 0 Å². The lowest BCUT2D eigenvalue weighted by molar-refractivity contribution is -0.128. The van der Waals surface area contributed by atoms with Gasteiger partial charge in [0.2, 0.25) is 11.8 Å². The molecule has 1 heterocycles. The number of likely N-dealkylation sites (tertiary alicyclic amines) is 1. The zero-order valence-electron chi connectivity index (χ0n) is 12.1. The summed E-state index contributed by atoms with van der Waals surface area (Å²) in [7, 11) is 0. The number of nitrogens with one attached hydrogen (secondary N) is 1. The number of hydrogen-bond donors (Lipinski definition) is 1. The van der Waals surface area contributed by atoms with Crippen LogP contribution in [0.25, 0.3) is 0 Å². The van der Waals surface area contributed by atoms with Crippen LogP contribution < -0.4 is 5.32 Å². The highest BCUT2D eigenvalue weighted by atomic mass is 16.2. The van der Waals surface area contributed by atoms with Crippen LogP contribution in [0.5, 0.6) is 0 Å². The Morgan fingerprint density at radius 3 is 2.70 bits per heavy atom. The normalized spacial score (nSPS) is 18.6. The minimum atomic E-state index is -0.00692. The molecule has 1 fully saturated rings. The van der Waals surface area contributed by atoms with Crippen molar-refractivity contribution in [2.75, 3.05) is 13.1 Å². The quantitative estimate of drug-likeness (QED) is 0.890. The third-order valence-corrected chi connectivity index (χ3v) is 3.60. The molecule has 0 bridgehead atoms. The fourth-order valence-electron chi connectivity index (χ4n) is 2.40. The van der Waals surface area contributed by atoms with E-state index in [0.29, 0.717) is 19.5 Å². The summed E-state index contributed by atoms with van der Waals surface area (Å²) in [5.74, 6) is 0.457. The molecule has 2 rings (SSSR count). The zero-order chi connectivity index (χ0) is 14.5. The van der Waals surface area contributed by atoms with E-state index in [9.17, 15) is 9.59 Å². The molecule has 1 saturated heterocycles. The first-order chi connectivity index (χ1) is 9.56. The summed E-state index contributed by atoms with van der Waals surface area (Å²) in [6.07, 6.45) is 0.533. The number of rotatable bonds is 5. The molecule has 1 atom stereocenters. The number of nitrogens with zero attached hydrogens (tertiary/aromatic N) is 1. The van der Waals surface area contributed by atoms with Crippen LogP contribution in [0.1, 0.15) is 25.8 Å². The van der Waals surface area contributed by atoms with Crippen LogP contribution in [0, 0.1) is 11.8 Å². The van der Waals surface area contributed by atoms with Crippen LogP contribution in [0.4, 0.5) is 0 Å². The van der Waals surface area contributed by atoms with Gasteiger partial charge in [0.1, 0.15) is 0 Å². The second-order valence-corrected chi connectivity index (χ2v) is 5.73. The lowest BCUT2D eigenvalue weighted by Gasteiger charge is -2.17. The number of hydrogen-bond acceptors (Lipinski definition) is 2. The summed E-state index contributed by atoms with van der Waals surface area (Å²) in [6.45, 7) is 5.72. The molecule has 0 spiro atoms. The lowest BCUT2D eigenvalue weighted by Crippen LogP contribution is -2.33. The van der Waals surface area contributed by atoms with E-state index in [-0.39, 0.29) is 23.7 Å². The topological polar surface area (TPSA) is 49.4 Å². The molecule has 1 N–H and O–H groups in total. The van der Waals surface area contributed by atoms with Crippen LogP contribution >= 0.6 is 0 Å². The standard InChI is InChI=1S/C16H22N2O2/c1-12(2)16(20)17-9-14-8-15(19)18(11-14)10-13-6-4-3-5-7-13/h3-7,12,14H,8-11H2,1-2H3,(H,17,20). The molecule has 1 aromatic rings. The van der Waals surface area contributed by atoms with E-state index in [1.54, 1.807) is 0 Å². The van der Waals surface area contributed by atoms with Gasteiger partial charge in [-0.15, -0.1) is 0 Å². The maximum atomic E-state index is 12.0. The van der Waals surface area contributed by atoms with Crippen LogP contribution in [-0.4, -0.2) is 29.8 Å². The molecule has 2 amide bonds. The summed E-state index contributed by atoms with van der Waals surface area (Å²) in [5, 5.41) is 2.91. The Hall–Kier alpha value is -1.84. The molecular weight excluding hydrogens is 252 g/mol. The molecular formula is C16H22N2O2. The summed E-state index contributed by atoms with van der Waals surface area (Å²) in [5.41, 5.74) is 1.15. The van der Waals surface area contributed by atoms with E-state index in [1.807, 2.05) is 49.1 Å². The Labute approximate surface area is 120 Å². The van der Waals surface area contributed by atoms with Gasteiger partial charge in [0.05, 0.1) is 0 Å². The molecule has 1 unspecified atom stereocenters. The van der Waals surface area contributed by atoms with Crippen LogP contribution in [0.2, 0.25) is 0 Å². The summed E-state index contributed by atoms with van der Waals surface area (Å²) < 4.78 is 0. The van der Waals surface area contributed by atoms with Crippen LogP contribution in [0.3, 0.4) is 0 Å².